The van der Waals surface area contributed by atoms with E-state index in [-0.39, 0.29) is 17.6 Å². The van der Waals surface area contributed by atoms with Crippen molar-refractivity contribution in [3.8, 4) is 0 Å². The monoisotopic (exact) mass is 348 g/mol. The van der Waals surface area contributed by atoms with Crippen LogP contribution >= 0.6 is 11.6 Å². The van der Waals surface area contributed by atoms with Gasteiger partial charge in [-0.15, -0.1) is 0 Å². The SMILES string of the molecule is CC(C)[C@H](NC(=O)c1ccco1)C(=O)NCCc1ccc(Cl)cc1. The van der Waals surface area contributed by atoms with Crippen molar-refractivity contribution in [3.63, 3.8) is 0 Å². The van der Waals surface area contributed by atoms with Gasteiger partial charge >= 0.3 is 0 Å². The molecule has 2 amide bonds. The fourth-order valence-electron chi connectivity index (χ4n) is 2.25. The Hall–Kier alpha value is -2.27. The van der Waals surface area contributed by atoms with Gasteiger partial charge < -0.3 is 15.1 Å². The van der Waals surface area contributed by atoms with Gasteiger partial charge in [0, 0.05) is 11.6 Å². The summed E-state index contributed by atoms with van der Waals surface area (Å²) in [6, 6.07) is 10.1. The maximum atomic E-state index is 12.4. The van der Waals surface area contributed by atoms with Gasteiger partial charge in [-0.3, -0.25) is 9.59 Å². The van der Waals surface area contributed by atoms with Crippen LogP contribution in [0.1, 0.15) is 30.0 Å². The Morgan fingerprint density at radius 1 is 1.17 bits per heavy atom. The Balaban J connectivity index is 1.87. The fourth-order valence-corrected chi connectivity index (χ4v) is 2.37. The summed E-state index contributed by atoms with van der Waals surface area (Å²) in [6.45, 7) is 4.25. The normalized spacial score (nSPS) is 12.0. The van der Waals surface area contributed by atoms with Crippen LogP contribution in [0.15, 0.2) is 47.1 Å². The number of carbonyl (C=O) groups is 2. The quantitative estimate of drug-likeness (QED) is 0.807. The van der Waals surface area contributed by atoms with Gasteiger partial charge in [-0.1, -0.05) is 37.6 Å². The lowest BCUT2D eigenvalue weighted by molar-refractivity contribution is -0.123. The molecule has 0 aliphatic carbocycles. The van der Waals surface area contributed by atoms with E-state index < -0.39 is 11.9 Å². The number of amides is 2. The van der Waals surface area contributed by atoms with Crippen molar-refractivity contribution in [1.29, 1.82) is 0 Å². The Morgan fingerprint density at radius 2 is 1.88 bits per heavy atom. The topological polar surface area (TPSA) is 71.3 Å². The molecule has 0 radical (unpaired) electrons. The van der Waals surface area contributed by atoms with E-state index in [4.69, 9.17) is 16.0 Å². The number of halogens is 1. The molecule has 0 aliphatic heterocycles. The first-order valence-corrected chi connectivity index (χ1v) is 8.21. The molecular weight excluding hydrogens is 328 g/mol. The second-order valence-electron chi connectivity index (χ2n) is 5.84. The van der Waals surface area contributed by atoms with E-state index in [1.54, 1.807) is 12.1 Å². The minimum absolute atomic E-state index is 0.0422. The van der Waals surface area contributed by atoms with E-state index in [1.807, 2.05) is 38.1 Å². The predicted molar refractivity (Wildman–Crippen MR) is 93.0 cm³/mol. The van der Waals surface area contributed by atoms with Crippen LogP contribution in [0.4, 0.5) is 0 Å². The van der Waals surface area contributed by atoms with E-state index in [2.05, 4.69) is 10.6 Å². The van der Waals surface area contributed by atoms with Crippen LogP contribution in [0.2, 0.25) is 5.02 Å². The van der Waals surface area contributed by atoms with Crippen LogP contribution in [-0.4, -0.2) is 24.4 Å². The first-order valence-electron chi connectivity index (χ1n) is 7.84. The van der Waals surface area contributed by atoms with E-state index in [1.165, 1.54) is 6.26 Å². The molecule has 1 heterocycles. The van der Waals surface area contributed by atoms with Gasteiger partial charge in [0.15, 0.2) is 5.76 Å². The highest BCUT2D eigenvalue weighted by atomic mass is 35.5. The summed E-state index contributed by atoms with van der Waals surface area (Å²) in [7, 11) is 0. The number of carbonyl (C=O) groups excluding carboxylic acids is 2. The second kappa shape index (κ2) is 8.55. The smallest absolute Gasteiger partial charge is 0.287 e. The molecule has 6 heteroatoms. The molecule has 2 N–H and O–H groups in total. The molecule has 0 saturated heterocycles. The van der Waals surface area contributed by atoms with Crippen molar-refractivity contribution in [3.05, 3.63) is 59.0 Å². The molecule has 128 valence electrons. The highest BCUT2D eigenvalue weighted by Crippen LogP contribution is 2.10. The molecule has 0 fully saturated rings. The molecule has 0 saturated carbocycles. The first-order chi connectivity index (χ1) is 11.5. The fraction of sp³-hybridized carbons (Fsp3) is 0.333. The Bertz CT molecular complexity index is 666. The molecule has 1 aromatic carbocycles. The lowest BCUT2D eigenvalue weighted by atomic mass is 10.0. The zero-order valence-corrected chi connectivity index (χ0v) is 14.5. The molecule has 0 unspecified atom stereocenters. The van der Waals surface area contributed by atoms with Gasteiger partial charge in [0.25, 0.3) is 5.91 Å². The summed E-state index contributed by atoms with van der Waals surface area (Å²) in [5.41, 5.74) is 1.08. The summed E-state index contributed by atoms with van der Waals surface area (Å²) >= 11 is 5.85. The van der Waals surface area contributed by atoms with Crippen LogP contribution in [-0.2, 0) is 11.2 Å². The Kier molecular flexibility index (Phi) is 6.44. The lowest BCUT2D eigenvalue weighted by Gasteiger charge is -2.21. The van der Waals surface area contributed by atoms with Crippen molar-refractivity contribution in [2.75, 3.05) is 6.54 Å². The largest absolute Gasteiger partial charge is 0.459 e. The van der Waals surface area contributed by atoms with Crippen molar-refractivity contribution in [1.82, 2.24) is 10.6 Å². The first kappa shape index (κ1) is 18.1. The highest BCUT2D eigenvalue weighted by molar-refractivity contribution is 6.30. The minimum Gasteiger partial charge on any atom is -0.459 e. The molecule has 1 atom stereocenters. The maximum Gasteiger partial charge on any atom is 0.287 e. The molecule has 0 spiro atoms. The van der Waals surface area contributed by atoms with E-state index in [9.17, 15) is 9.59 Å². The average molecular weight is 349 g/mol. The summed E-state index contributed by atoms with van der Waals surface area (Å²) in [6.07, 6.45) is 2.12. The Morgan fingerprint density at radius 3 is 2.46 bits per heavy atom. The van der Waals surface area contributed by atoms with Gasteiger partial charge in [0.05, 0.1) is 6.26 Å². The highest BCUT2D eigenvalue weighted by Gasteiger charge is 2.25. The van der Waals surface area contributed by atoms with Gasteiger partial charge in [0.1, 0.15) is 6.04 Å². The minimum atomic E-state index is -0.618. The van der Waals surface area contributed by atoms with Crippen molar-refractivity contribution < 1.29 is 14.0 Å². The zero-order valence-electron chi connectivity index (χ0n) is 13.7. The van der Waals surface area contributed by atoms with E-state index >= 15 is 0 Å². The number of furan rings is 1. The van der Waals surface area contributed by atoms with Crippen LogP contribution in [0, 0.1) is 5.92 Å². The van der Waals surface area contributed by atoms with Gasteiger partial charge in [0.2, 0.25) is 5.91 Å². The number of hydrogen-bond donors (Lipinski definition) is 2. The molecule has 2 rings (SSSR count). The molecule has 2 aromatic rings. The lowest BCUT2D eigenvalue weighted by Crippen LogP contribution is -2.50. The van der Waals surface area contributed by atoms with E-state index in [0.717, 1.165) is 5.56 Å². The number of rotatable bonds is 7. The third-order valence-corrected chi connectivity index (χ3v) is 3.86. The summed E-state index contributed by atoms with van der Waals surface area (Å²) in [5, 5.41) is 6.26. The number of nitrogens with one attached hydrogen (secondary N) is 2. The van der Waals surface area contributed by atoms with Gasteiger partial charge in [-0.25, -0.2) is 0 Å². The Labute approximate surface area is 146 Å². The third-order valence-electron chi connectivity index (χ3n) is 3.61. The van der Waals surface area contributed by atoms with Crippen molar-refractivity contribution in [2.24, 2.45) is 5.92 Å². The molecule has 5 nitrogen and oxygen atoms in total. The van der Waals surface area contributed by atoms with Crippen LogP contribution in [0.25, 0.3) is 0 Å². The summed E-state index contributed by atoms with van der Waals surface area (Å²) in [5.74, 6) is -0.459. The van der Waals surface area contributed by atoms with Gasteiger partial charge in [-0.2, -0.15) is 0 Å². The van der Waals surface area contributed by atoms with Crippen LogP contribution in [0.5, 0.6) is 0 Å². The van der Waals surface area contributed by atoms with Crippen LogP contribution < -0.4 is 10.6 Å². The summed E-state index contributed by atoms with van der Waals surface area (Å²) < 4.78 is 5.05. The third kappa shape index (κ3) is 5.13. The van der Waals surface area contributed by atoms with Crippen molar-refractivity contribution >= 4 is 23.4 Å². The molecule has 0 bridgehead atoms. The van der Waals surface area contributed by atoms with Gasteiger partial charge in [-0.05, 0) is 42.2 Å². The van der Waals surface area contributed by atoms with E-state index in [0.29, 0.717) is 18.0 Å². The standard InChI is InChI=1S/C18H21ClN2O3/c1-12(2)16(21-17(22)15-4-3-11-24-15)18(23)20-10-9-13-5-7-14(19)8-6-13/h3-8,11-12,16H,9-10H2,1-2H3,(H,20,23)(H,21,22)/t16-/m0/s1. The average Bonchev–Trinajstić information content (AvgIpc) is 3.08. The number of benzene rings is 1. The molecular formula is C18H21ClN2O3. The predicted octanol–water partition coefficient (Wildman–Crippen LogP) is 3.05. The van der Waals surface area contributed by atoms with Crippen molar-refractivity contribution in [2.45, 2.75) is 26.3 Å². The molecule has 24 heavy (non-hydrogen) atoms. The summed E-state index contributed by atoms with van der Waals surface area (Å²) in [4.78, 5) is 24.4. The molecule has 1 aromatic heterocycles. The molecule has 0 aliphatic rings. The van der Waals surface area contributed by atoms with Crippen LogP contribution in [0.3, 0.4) is 0 Å². The zero-order chi connectivity index (χ0) is 17.5. The number of hydrogen-bond acceptors (Lipinski definition) is 3. The maximum absolute atomic E-state index is 12.4. The second-order valence-corrected chi connectivity index (χ2v) is 6.28.